The Balaban J connectivity index is 2.89. The van der Waals surface area contributed by atoms with Crippen LogP contribution in [0.4, 0.5) is 11.4 Å². The van der Waals surface area contributed by atoms with Gasteiger partial charge < -0.3 is 10.6 Å². The van der Waals surface area contributed by atoms with Crippen molar-refractivity contribution in [2.75, 3.05) is 17.2 Å². The molecule has 0 atom stereocenters. The highest BCUT2D eigenvalue weighted by atomic mass is 16.2. The summed E-state index contributed by atoms with van der Waals surface area (Å²) in [7, 11) is 0. The Labute approximate surface area is 115 Å². The first-order valence-corrected chi connectivity index (χ1v) is 6.99. The van der Waals surface area contributed by atoms with E-state index in [4.69, 9.17) is 0 Å². The molecule has 0 amide bonds. The Bertz CT molecular complexity index is 501. The fourth-order valence-electron chi connectivity index (χ4n) is 1.76. The fourth-order valence-corrected chi connectivity index (χ4v) is 1.76. The van der Waals surface area contributed by atoms with Crippen molar-refractivity contribution < 1.29 is 0 Å². The number of nitrogens with one attached hydrogen (secondary N) is 2. The molecule has 0 saturated heterocycles. The lowest BCUT2D eigenvalue weighted by atomic mass is 9.94. The van der Waals surface area contributed by atoms with E-state index >= 15 is 0 Å². The monoisotopic (exact) mass is 266 g/mol. The second-order valence-corrected chi connectivity index (χ2v) is 6.72. The number of anilines is 2. The Kier molecular flexibility index (Phi) is 4.43. The summed E-state index contributed by atoms with van der Waals surface area (Å²) in [5.74, 6) is 0. The van der Waals surface area contributed by atoms with Gasteiger partial charge in [0.05, 0.1) is 0 Å². The molecule has 4 nitrogen and oxygen atoms in total. The van der Waals surface area contributed by atoms with Crippen molar-refractivity contribution in [3.8, 4) is 0 Å². The van der Waals surface area contributed by atoms with E-state index in [-0.39, 0.29) is 11.0 Å². The summed E-state index contributed by atoms with van der Waals surface area (Å²) in [6.07, 6.45) is 1.81. The maximum atomic E-state index is 11.7. The lowest BCUT2D eigenvalue weighted by Gasteiger charge is -2.31. The average molecular weight is 266 g/mol. The topological polar surface area (TPSA) is 58.2 Å². The van der Waals surface area contributed by atoms with Crippen LogP contribution in [0.2, 0.25) is 0 Å². The summed E-state index contributed by atoms with van der Waals surface area (Å²) in [5.41, 5.74) is 0.0373. The molecule has 1 rings (SSSR count). The molecule has 0 heterocycles. The van der Waals surface area contributed by atoms with E-state index in [1.807, 2.05) is 0 Å². The van der Waals surface area contributed by atoms with Gasteiger partial charge in [0, 0.05) is 12.1 Å². The highest BCUT2D eigenvalue weighted by molar-refractivity contribution is 5.74. The zero-order valence-electron chi connectivity index (χ0n) is 12.9. The molecule has 0 unspecified atom stereocenters. The van der Waals surface area contributed by atoms with E-state index in [9.17, 15) is 9.59 Å². The third-order valence-corrected chi connectivity index (χ3v) is 3.69. The number of rotatable bonds is 6. The minimum atomic E-state index is -0.402. The zero-order valence-corrected chi connectivity index (χ0v) is 12.9. The van der Waals surface area contributed by atoms with E-state index < -0.39 is 10.9 Å². The van der Waals surface area contributed by atoms with Gasteiger partial charge in [0.1, 0.15) is 11.4 Å². The molecule has 0 bridgehead atoms. The van der Waals surface area contributed by atoms with Crippen LogP contribution < -0.4 is 21.5 Å². The van der Waals surface area contributed by atoms with Gasteiger partial charge in [-0.3, -0.25) is 9.59 Å². The first kappa shape index (κ1) is 15.7. The molecular weight excluding hydrogens is 240 g/mol. The van der Waals surface area contributed by atoms with Crippen molar-refractivity contribution in [2.24, 2.45) is 5.41 Å². The van der Waals surface area contributed by atoms with Crippen molar-refractivity contribution >= 4 is 11.4 Å². The second kappa shape index (κ2) is 5.35. The number of hydrogen-bond donors (Lipinski definition) is 2. The molecule has 0 spiro atoms. The van der Waals surface area contributed by atoms with Crippen LogP contribution in [0.3, 0.4) is 0 Å². The molecule has 2 N–H and O–H groups in total. The highest BCUT2D eigenvalue weighted by Gasteiger charge is 2.28. The van der Waals surface area contributed by atoms with Gasteiger partial charge >= 0.3 is 0 Å². The SMILES string of the molecule is CCC(C)(CC)Nc1c(NCC(C)(C)C)c(=O)c1=O. The third-order valence-electron chi connectivity index (χ3n) is 3.69. The maximum absolute atomic E-state index is 11.7. The zero-order chi connectivity index (χ0) is 14.8. The molecule has 0 fully saturated rings. The first-order chi connectivity index (χ1) is 8.63. The van der Waals surface area contributed by atoms with Crippen molar-refractivity contribution in [2.45, 2.75) is 59.9 Å². The van der Waals surface area contributed by atoms with Gasteiger partial charge in [0.25, 0.3) is 10.9 Å². The van der Waals surface area contributed by atoms with E-state index in [0.717, 1.165) is 12.8 Å². The van der Waals surface area contributed by atoms with Crippen LogP contribution >= 0.6 is 0 Å². The Morgan fingerprint density at radius 2 is 1.37 bits per heavy atom. The molecule has 0 aliphatic rings. The summed E-state index contributed by atoms with van der Waals surface area (Å²) in [6, 6.07) is 0. The summed E-state index contributed by atoms with van der Waals surface area (Å²) in [6.45, 7) is 13.1. The van der Waals surface area contributed by atoms with Crippen molar-refractivity contribution in [1.82, 2.24) is 0 Å². The predicted octanol–water partition coefficient (Wildman–Crippen LogP) is 2.73. The standard InChI is InChI=1S/C15H26N2O2/c1-7-15(6,8-2)17-11-10(12(18)13(11)19)16-9-14(3,4)5/h16-17H,7-9H2,1-6H3. The number of hydrogen-bond acceptors (Lipinski definition) is 4. The van der Waals surface area contributed by atoms with Gasteiger partial charge in [-0.05, 0) is 25.2 Å². The van der Waals surface area contributed by atoms with Crippen LogP contribution in [0.5, 0.6) is 0 Å². The summed E-state index contributed by atoms with van der Waals surface area (Å²) in [4.78, 5) is 23.3. The molecule has 19 heavy (non-hydrogen) atoms. The molecule has 0 radical (unpaired) electrons. The van der Waals surface area contributed by atoms with Crippen molar-refractivity contribution in [1.29, 1.82) is 0 Å². The van der Waals surface area contributed by atoms with Crippen LogP contribution in [0.15, 0.2) is 9.59 Å². The molecular formula is C15H26N2O2. The predicted molar refractivity (Wildman–Crippen MR) is 81.9 cm³/mol. The van der Waals surface area contributed by atoms with Crippen molar-refractivity contribution in [3.63, 3.8) is 0 Å². The van der Waals surface area contributed by atoms with Crippen LogP contribution in [-0.2, 0) is 0 Å². The quantitative estimate of drug-likeness (QED) is 0.777. The van der Waals surface area contributed by atoms with Gasteiger partial charge in [0.2, 0.25) is 0 Å². The van der Waals surface area contributed by atoms with E-state index in [1.54, 1.807) is 0 Å². The van der Waals surface area contributed by atoms with Gasteiger partial charge in [0.15, 0.2) is 0 Å². The average Bonchev–Trinajstić information content (AvgIpc) is 2.35. The minimum Gasteiger partial charge on any atom is -0.379 e. The molecule has 0 aliphatic heterocycles. The van der Waals surface area contributed by atoms with Crippen LogP contribution in [0, 0.1) is 5.41 Å². The van der Waals surface area contributed by atoms with Gasteiger partial charge in [-0.25, -0.2) is 0 Å². The van der Waals surface area contributed by atoms with Gasteiger partial charge in [-0.2, -0.15) is 0 Å². The fraction of sp³-hybridized carbons (Fsp3) is 0.733. The van der Waals surface area contributed by atoms with E-state index in [0.29, 0.717) is 17.9 Å². The third kappa shape index (κ3) is 3.58. The lowest BCUT2D eigenvalue weighted by Crippen LogP contribution is -2.44. The molecule has 0 saturated carbocycles. The molecule has 0 aliphatic carbocycles. The van der Waals surface area contributed by atoms with E-state index in [1.165, 1.54) is 0 Å². The molecule has 4 heteroatoms. The Hall–Kier alpha value is -1.32. The second-order valence-electron chi connectivity index (χ2n) is 6.72. The van der Waals surface area contributed by atoms with E-state index in [2.05, 4.69) is 52.2 Å². The first-order valence-electron chi connectivity index (χ1n) is 6.99. The largest absolute Gasteiger partial charge is 0.379 e. The smallest absolute Gasteiger partial charge is 0.253 e. The van der Waals surface area contributed by atoms with Crippen LogP contribution in [-0.4, -0.2) is 12.1 Å². The minimum absolute atomic E-state index is 0.0653. The van der Waals surface area contributed by atoms with Crippen LogP contribution in [0.1, 0.15) is 54.4 Å². The Morgan fingerprint density at radius 1 is 0.895 bits per heavy atom. The Morgan fingerprint density at radius 3 is 1.79 bits per heavy atom. The lowest BCUT2D eigenvalue weighted by molar-refractivity contribution is 0.442. The summed E-state index contributed by atoms with van der Waals surface area (Å²) in [5, 5.41) is 6.35. The van der Waals surface area contributed by atoms with Crippen LogP contribution in [0.25, 0.3) is 0 Å². The normalized spacial score (nSPS) is 12.7. The molecule has 1 aromatic rings. The molecule has 1 aromatic carbocycles. The highest BCUT2D eigenvalue weighted by Crippen LogP contribution is 2.25. The summed E-state index contributed by atoms with van der Waals surface area (Å²) < 4.78 is 0. The summed E-state index contributed by atoms with van der Waals surface area (Å²) >= 11 is 0. The maximum Gasteiger partial charge on any atom is 0.253 e. The van der Waals surface area contributed by atoms with Crippen molar-refractivity contribution in [3.05, 3.63) is 20.4 Å². The van der Waals surface area contributed by atoms with Gasteiger partial charge in [-0.15, -0.1) is 0 Å². The molecule has 0 aromatic heterocycles. The van der Waals surface area contributed by atoms with Gasteiger partial charge in [-0.1, -0.05) is 34.6 Å². The molecule has 108 valence electrons.